The van der Waals surface area contributed by atoms with Crippen molar-refractivity contribution in [3.8, 4) is 0 Å². The second-order valence-corrected chi connectivity index (χ2v) is 7.56. The highest BCUT2D eigenvalue weighted by atomic mass is 16.2. The molecule has 0 aromatic carbocycles. The molecule has 3 aliphatic rings. The van der Waals surface area contributed by atoms with Crippen molar-refractivity contribution < 1.29 is 9.59 Å². The lowest BCUT2D eigenvalue weighted by atomic mass is 9.87. The van der Waals surface area contributed by atoms with Crippen LogP contribution >= 0.6 is 0 Å². The summed E-state index contributed by atoms with van der Waals surface area (Å²) in [6.07, 6.45) is 6.31. The number of likely N-dealkylation sites (tertiary alicyclic amines) is 1. The van der Waals surface area contributed by atoms with Crippen LogP contribution in [0.1, 0.15) is 45.4 Å². The number of amides is 2. The van der Waals surface area contributed by atoms with E-state index in [2.05, 4.69) is 16.8 Å². The third kappa shape index (κ3) is 2.98. The number of carbonyl (C=O) groups is 2. The molecule has 3 atom stereocenters. The summed E-state index contributed by atoms with van der Waals surface area (Å²) in [5, 5.41) is 0. The normalized spacial score (nSPS) is 34.3. The van der Waals surface area contributed by atoms with Crippen molar-refractivity contribution in [2.75, 3.05) is 33.2 Å². The molecule has 3 aliphatic heterocycles. The molecule has 0 radical (unpaired) electrons. The zero-order valence-corrected chi connectivity index (χ0v) is 14.5. The topological polar surface area (TPSA) is 69.9 Å². The summed E-state index contributed by atoms with van der Waals surface area (Å²) in [6, 6.07) is 0.966. The summed E-state index contributed by atoms with van der Waals surface area (Å²) in [4.78, 5) is 30.2. The lowest BCUT2D eigenvalue weighted by Crippen LogP contribution is -2.59. The summed E-state index contributed by atoms with van der Waals surface area (Å²) < 4.78 is 0. The Bertz CT molecular complexity index is 479. The zero-order chi connectivity index (χ0) is 16.6. The molecule has 0 saturated carbocycles. The maximum absolute atomic E-state index is 12.1. The Hall–Kier alpha value is -1.14. The Kier molecular flexibility index (Phi) is 4.65. The number of likely N-dealkylation sites (N-methyl/N-ethyl adjacent to an activating group) is 1. The van der Waals surface area contributed by atoms with Gasteiger partial charge < -0.3 is 15.5 Å². The highest BCUT2D eigenvalue weighted by molar-refractivity contribution is 5.85. The fraction of sp³-hybridized carbons (Fsp3) is 0.882. The number of primary amides is 1. The van der Waals surface area contributed by atoms with E-state index in [1.165, 1.54) is 6.42 Å². The Morgan fingerprint density at radius 1 is 1.26 bits per heavy atom. The van der Waals surface area contributed by atoms with Crippen LogP contribution in [0.25, 0.3) is 0 Å². The van der Waals surface area contributed by atoms with Gasteiger partial charge in [0.1, 0.15) is 5.54 Å². The standard InChI is InChI=1S/C17H30N4O2/c1-13(22)20-9-6-15(12-20)19(2)10-11-21-14-4-3-7-17(21,8-5-14)16(18)23/h14-15H,3-12H2,1-2H3,(H2,18,23)/t14-,15?,17+/m1/s1. The predicted octanol–water partition coefficient (Wildman–Crippen LogP) is 0.411. The summed E-state index contributed by atoms with van der Waals surface area (Å²) in [5.41, 5.74) is 5.39. The number of nitrogens with zero attached hydrogens (tertiary/aromatic N) is 3. The van der Waals surface area contributed by atoms with Crippen LogP contribution < -0.4 is 5.73 Å². The van der Waals surface area contributed by atoms with Crippen LogP contribution in [-0.2, 0) is 9.59 Å². The highest BCUT2D eigenvalue weighted by Gasteiger charge is 2.52. The molecule has 0 aromatic heterocycles. The first-order valence-electron chi connectivity index (χ1n) is 8.96. The summed E-state index contributed by atoms with van der Waals surface area (Å²) >= 11 is 0. The molecule has 0 spiro atoms. The van der Waals surface area contributed by atoms with E-state index in [4.69, 9.17) is 5.73 Å². The minimum Gasteiger partial charge on any atom is -0.368 e. The van der Waals surface area contributed by atoms with Crippen molar-refractivity contribution in [1.82, 2.24) is 14.7 Å². The van der Waals surface area contributed by atoms with Crippen LogP contribution in [0.2, 0.25) is 0 Å². The van der Waals surface area contributed by atoms with Crippen LogP contribution in [0.4, 0.5) is 0 Å². The predicted molar refractivity (Wildman–Crippen MR) is 88.8 cm³/mol. The van der Waals surface area contributed by atoms with Crippen molar-refractivity contribution in [2.45, 2.75) is 63.1 Å². The number of piperidine rings is 1. The molecule has 3 heterocycles. The third-order valence-corrected chi connectivity index (χ3v) is 6.39. The average molecular weight is 322 g/mol. The minimum atomic E-state index is -0.384. The first kappa shape index (κ1) is 16.7. The fourth-order valence-electron chi connectivity index (χ4n) is 4.87. The molecule has 3 fully saturated rings. The van der Waals surface area contributed by atoms with E-state index in [-0.39, 0.29) is 17.4 Å². The number of fused-ring (bicyclic) bond motifs is 2. The van der Waals surface area contributed by atoms with Gasteiger partial charge in [-0.3, -0.25) is 14.5 Å². The molecule has 3 rings (SSSR count). The quantitative estimate of drug-likeness (QED) is 0.796. The number of hydrogen-bond donors (Lipinski definition) is 1. The van der Waals surface area contributed by atoms with E-state index >= 15 is 0 Å². The Balaban J connectivity index is 1.57. The molecular weight excluding hydrogens is 292 g/mol. The van der Waals surface area contributed by atoms with Crippen molar-refractivity contribution in [3.05, 3.63) is 0 Å². The Labute approximate surface area is 139 Å². The molecule has 2 bridgehead atoms. The Morgan fingerprint density at radius 2 is 2.04 bits per heavy atom. The molecule has 2 amide bonds. The monoisotopic (exact) mass is 322 g/mol. The van der Waals surface area contributed by atoms with Gasteiger partial charge in [-0.15, -0.1) is 0 Å². The van der Waals surface area contributed by atoms with Gasteiger partial charge in [0.2, 0.25) is 11.8 Å². The molecule has 6 heteroatoms. The van der Waals surface area contributed by atoms with Crippen molar-refractivity contribution >= 4 is 11.8 Å². The van der Waals surface area contributed by atoms with Crippen LogP contribution in [0, 0.1) is 0 Å². The second kappa shape index (κ2) is 6.40. The van der Waals surface area contributed by atoms with Crippen LogP contribution in [0.5, 0.6) is 0 Å². The average Bonchev–Trinajstić information content (AvgIpc) is 3.07. The fourth-order valence-corrected chi connectivity index (χ4v) is 4.87. The summed E-state index contributed by atoms with van der Waals surface area (Å²) in [7, 11) is 2.14. The van der Waals surface area contributed by atoms with Gasteiger partial charge in [-0.2, -0.15) is 0 Å². The van der Waals surface area contributed by atoms with Gasteiger partial charge in [0.15, 0.2) is 0 Å². The van der Waals surface area contributed by atoms with E-state index < -0.39 is 0 Å². The molecule has 1 unspecified atom stereocenters. The summed E-state index contributed by atoms with van der Waals surface area (Å²) in [6.45, 7) is 5.17. The smallest absolute Gasteiger partial charge is 0.237 e. The lowest BCUT2D eigenvalue weighted by Gasteiger charge is -2.43. The molecule has 2 N–H and O–H groups in total. The molecular formula is C17H30N4O2. The highest BCUT2D eigenvalue weighted by Crippen LogP contribution is 2.43. The zero-order valence-electron chi connectivity index (χ0n) is 14.5. The number of rotatable bonds is 5. The van der Waals surface area contributed by atoms with E-state index in [1.54, 1.807) is 6.92 Å². The van der Waals surface area contributed by atoms with Crippen LogP contribution in [0.3, 0.4) is 0 Å². The molecule has 130 valence electrons. The number of carbonyl (C=O) groups excluding carboxylic acids is 2. The van der Waals surface area contributed by atoms with Crippen molar-refractivity contribution in [3.63, 3.8) is 0 Å². The Morgan fingerprint density at radius 3 is 2.70 bits per heavy atom. The maximum Gasteiger partial charge on any atom is 0.237 e. The molecule has 0 aliphatic carbocycles. The molecule has 3 saturated heterocycles. The van der Waals surface area contributed by atoms with Crippen molar-refractivity contribution in [2.24, 2.45) is 5.73 Å². The molecule has 6 nitrogen and oxygen atoms in total. The first-order chi connectivity index (χ1) is 10.9. The second-order valence-electron chi connectivity index (χ2n) is 7.56. The number of hydrogen-bond acceptors (Lipinski definition) is 4. The van der Waals surface area contributed by atoms with Gasteiger partial charge in [0, 0.05) is 45.2 Å². The van der Waals surface area contributed by atoms with Gasteiger partial charge in [-0.25, -0.2) is 0 Å². The minimum absolute atomic E-state index is 0.133. The van der Waals surface area contributed by atoms with E-state index in [1.807, 2.05) is 4.90 Å². The SMILES string of the molecule is CC(=O)N1CCC(N(C)CCN2[C@@H]3CCC[C@@]2(C(N)=O)CC3)C1. The number of nitrogens with two attached hydrogens (primary N) is 1. The van der Waals surface area contributed by atoms with Gasteiger partial charge >= 0.3 is 0 Å². The molecule has 23 heavy (non-hydrogen) atoms. The van der Waals surface area contributed by atoms with E-state index in [0.717, 1.165) is 58.3 Å². The van der Waals surface area contributed by atoms with Gasteiger partial charge in [0.05, 0.1) is 0 Å². The van der Waals surface area contributed by atoms with Gasteiger partial charge in [0.25, 0.3) is 0 Å². The van der Waals surface area contributed by atoms with Gasteiger partial charge in [-0.05, 0) is 45.6 Å². The van der Waals surface area contributed by atoms with Crippen LogP contribution in [0.15, 0.2) is 0 Å². The first-order valence-corrected chi connectivity index (χ1v) is 8.96. The lowest BCUT2D eigenvalue weighted by molar-refractivity contribution is -0.132. The van der Waals surface area contributed by atoms with E-state index in [9.17, 15) is 9.59 Å². The maximum atomic E-state index is 12.1. The van der Waals surface area contributed by atoms with Gasteiger partial charge in [-0.1, -0.05) is 0 Å². The van der Waals surface area contributed by atoms with Crippen molar-refractivity contribution in [1.29, 1.82) is 0 Å². The van der Waals surface area contributed by atoms with Crippen LogP contribution in [-0.4, -0.2) is 77.4 Å². The summed E-state index contributed by atoms with van der Waals surface area (Å²) in [5.74, 6) is 0.0358. The largest absolute Gasteiger partial charge is 0.368 e. The third-order valence-electron chi connectivity index (χ3n) is 6.39. The molecule has 0 aromatic rings. The van der Waals surface area contributed by atoms with E-state index in [0.29, 0.717) is 12.1 Å².